The number of para-hydroxylation sites is 2. The van der Waals surface area contributed by atoms with Crippen LogP contribution in [0.3, 0.4) is 0 Å². The Morgan fingerprint density at radius 3 is 2.08 bits per heavy atom. The van der Waals surface area contributed by atoms with Gasteiger partial charge in [-0.1, -0.05) is 129 Å². The Kier molecular flexibility index (Phi) is 12.0. The van der Waals surface area contributed by atoms with E-state index in [1.807, 2.05) is 42.5 Å². The Labute approximate surface area is 401 Å². The van der Waals surface area contributed by atoms with E-state index in [0.29, 0.717) is 11.5 Å². The zero-order valence-corrected chi connectivity index (χ0v) is 41.6. The second-order valence-electron chi connectivity index (χ2n) is 18.0. The predicted molar refractivity (Wildman–Crippen MR) is 273 cm³/mol. The van der Waals surface area contributed by atoms with Crippen molar-refractivity contribution in [1.29, 1.82) is 0 Å². The number of benzene rings is 7. The van der Waals surface area contributed by atoms with Crippen LogP contribution in [0, 0.1) is 38.8 Å². The SMILES string of the molecule is CC(C)Cc1cc(-c2[c-]cccc2)ncc1[Si](C)(C)C.[2H]C([2H])([2H])c1ccc(-c2ccc3sc4c[c-]c(-c5nc6ccccc6n5-c5c(C)cc(-c6ccccc6)cc5C)cc4c3c2)cc1.[Ir]. The fraction of sp³-hybridized carbons (Fsp3) is 0.172. The van der Waals surface area contributed by atoms with Gasteiger partial charge in [0.15, 0.2) is 0 Å². The van der Waals surface area contributed by atoms with Crippen LogP contribution >= 0.6 is 11.3 Å². The molecule has 0 aliphatic rings. The molecule has 6 heteroatoms. The maximum absolute atomic E-state index is 7.72. The average Bonchev–Trinajstić information content (AvgIpc) is 3.87. The van der Waals surface area contributed by atoms with E-state index < -0.39 is 14.9 Å². The summed E-state index contributed by atoms with van der Waals surface area (Å²) in [5.41, 5.74) is 14.8. The summed E-state index contributed by atoms with van der Waals surface area (Å²) in [7, 11) is -1.34. The number of aromatic nitrogens is 3. The molecule has 0 atom stereocenters. The number of rotatable bonds is 8. The first-order chi connectivity index (χ1) is 31.6. The quantitative estimate of drug-likeness (QED) is 0.112. The molecular weight excluding hydrogens is 991 g/mol. The van der Waals surface area contributed by atoms with Crippen LogP contribution in [0.15, 0.2) is 158 Å². The molecule has 7 aromatic carbocycles. The van der Waals surface area contributed by atoms with E-state index in [0.717, 1.165) is 72.4 Å². The normalized spacial score (nSPS) is 12.4. The number of imidazole rings is 1. The molecule has 321 valence electrons. The van der Waals surface area contributed by atoms with Gasteiger partial charge in [0.25, 0.3) is 0 Å². The van der Waals surface area contributed by atoms with Crippen molar-refractivity contribution < 1.29 is 24.2 Å². The topological polar surface area (TPSA) is 30.7 Å². The predicted octanol–water partition coefficient (Wildman–Crippen LogP) is 15.4. The number of hydrogen-bond donors (Lipinski definition) is 0. The first-order valence-corrected chi connectivity index (χ1v) is 26.0. The van der Waals surface area contributed by atoms with E-state index in [4.69, 9.17) is 9.10 Å². The van der Waals surface area contributed by atoms with E-state index in [2.05, 4.69) is 172 Å². The second kappa shape index (κ2) is 18.8. The number of nitrogens with zero attached hydrogens (tertiary/aromatic N) is 3. The minimum Gasteiger partial charge on any atom is -0.333 e. The summed E-state index contributed by atoms with van der Waals surface area (Å²) < 4.78 is 27.8. The Morgan fingerprint density at radius 1 is 0.688 bits per heavy atom. The standard InChI is InChI=1S/C40H29N2S.C18H24NSi.Ir/c1-25-13-15-29(16-14-25)30-17-19-37-33(23-30)34-24-31(18-20-38(34)43-37)40-41-35-11-7-8-12-36(35)42(40)39-26(2)21-32(22-27(39)3)28-9-5-4-6-10-28;1-14(2)11-16-12-17(15-9-7-6-8-10-15)19-13-18(16)20(3,4)5;/h4-17,19-24H,1-3H3;6-9,12-14H,11H2,1-5H3;/q2*-1;/i1D3;;. The van der Waals surface area contributed by atoms with Crippen molar-refractivity contribution in [3.05, 3.63) is 192 Å². The minimum atomic E-state index is -2.11. The van der Waals surface area contributed by atoms with Gasteiger partial charge < -0.3 is 9.55 Å². The fourth-order valence-corrected chi connectivity index (χ4v) is 11.4. The average molecular weight is 1050 g/mol. The molecule has 0 unspecified atom stereocenters. The minimum absolute atomic E-state index is 0. The van der Waals surface area contributed by atoms with Crippen LogP contribution < -0.4 is 5.19 Å². The van der Waals surface area contributed by atoms with Gasteiger partial charge in [-0.15, -0.1) is 59.7 Å². The third-order valence-corrected chi connectivity index (χ3v) is 14.9. The van der Waals surface area contributed by atoms with Crippen LogP contribution in [0.25, 0.3) is 81.8 Å². The molecule has 0 amide bonds. The van der Waals surface area contributed by atoms with E-state index >= 15 is 0 Å². The number of thiophene rings is 1. The van der Waals surface area contributed by atoms with Gasteiger partial charge in [-0.05, 0) is 124 Å². The van der Waals surface area contributed by atoms with Crippen molar-refractivity contribution in [2.75, 3.05) is 0 Å². The molecule has 0 aliphatic heterocycles. The van der Waals surface area contributed by atoms with Gasteiger partial charge in [0.05, 0.1) is 24.9 Å². The first-order valence-electron chi connectivity index (χ1n) is 23.2. The summed E-state index contributed by atoms with van der Waals surface area (Å²) in [6.45, 7) is 14.0. The zero-order valence-electron chi connectivity index (χ0n) is 40.4. The molecule has 0 fully saturated rings. The van der Waals surface area contributed by atoms with Crippen LogP contribution in [0.2, 0.25) is 19.6 Å². The largest absolute Gasteiger partial charge is 0.333 e. The van der Waals surface area contributed by atoms with Gasteiger partial charge in [0.1, 0.15) is 0 Å². The molecule has 3 nitrogen and oxygen atoms in total. The van der Waals surface area contributed by atoms with Crippen LogP contribution in [-0.2, 0) is 26.5 Å². The van der Waals surface area contributed by atoms with Gasteiger partial charge in [0, 0.05) is 40.8 Å². The maximum atomic E-state index is 7.72. The van der Waals surface area contributed by atoms with Crippen molar-refractivity contribution in [3.8, 4) is 50.6 Å². The molecule has 0 spiro atoms. The van der Waals surface area contributed by atoms with Crippen molar-refractivity contribution in [2.45, 2.75) is 60.6 Å². The molecule has 0 aliphatic carbocycles. The van der Waals surface area contributed by atoms with Crippen LogP contribution in [-0.4, -0.2) is 22.6 Å². The molecule has 0 saturated carbocycles. The number of aryl methyl sites for hydroxylation is 3. The molecule has 1 radical (unpaired) electrons. The van der Waals surface area contributed by atoms with Crippen LogP contribution in [0.1, 0.15) is 40.2 Å². The number of hydrogen-bond acceptors (Lipinski definition) is 3. The monoisotopic (exact) mass is 1050 g/mol. The zero-order chi connectivity index (χ0) is 46.3. The van der Waals surface area contributed by atoms with Crippen molar-refractivity contribution in [3.63, 3.8) is 0 Å². The number of pyridine rings is 1. The van der Waals surface area contributed by atoms with E-state index in [1.54, 1.807) is 23.5 Å². The molecular formula is C58H53IrN3SSi-2. The molecule has 3 aromatic heterocycles. The Morgan fingerprint density at radius 2 is 1.38 bits per heavy atom. The molecule has 0 N–H and O–H groups in total. The van der Waals surface area contributed by atoms with Crippen molar-refractivity contribution in [2.24, 2.45) is 5.92 Å². The van der Waals surface area contributed by atoms with Gasteiger partial charge in [0.2, 0.25) is 0 Å². The summed E-state index contributed by atoms with van der Waals surface area (Å²) in [6, 6.07) is 58.5. The molecule has 10 rings (SSSR count). The summed E-state index contributed by atoms with van der Waals surface area (Å²) in [5, 5.41) is 3.81. The first kappa shape index (κ1) is 41.0. The molecule has 0 bridgehead atoms. The molecule has 64 heavy (non-hydrogen) atoms. The summed E-state index contributed by atoms with van der Waals surface area (Å²) in [6.07, 6.45) is 3.24. The van der Waals surface area contributed by atoms with Crippen molar-refractivity contribution in [1.82, 2.24) is 14.5 Å². The van der Waals surface area contributed by atoms with Crippen LogP contribution in [0.5, 0.6) is 0 Å². The Hall–Kier alpha value is -5.75. The molecule has 0 saturated heterocycles. The third kappa shape index (κ3) is 9.25. The fourth-order valence-electron chi connectivity index (χ4n) is 8.71. The summed E-state index contributed by atoms with van der Waals surface area (Å²) in [5.74, 6) is 1.53. The van der Waals surface area contributed by atoms with Crippen molar-refractivity contribution >= 4 is 55.8 Å². The maximum Gasteiger partial charge on any atom is 0.0798 e. The Balaban J connectivity index is 0.000000244. The van der Waals surface area contributed by atoms with Gasteiger partial charge in [-0.3, -0.25) is 4.98 Å². The van der Waals surface area contributed by atoms with Gasteiger partial charge >= 0.3 is 0 Å². The van der Waals surface area contributed by atoms with Gasteiger partial charge in [-0.2, -0.15) is 11.3 Å². The third-order valence-electron chi connectivity index (χ3n) is 11.7. The Bertz CT molecular complexity index is 3330. The number of fused-ring (bicyclic) bond motifs is 4. The smallest absolute Gasteiger partial charge is 0.0798 e. The molecule has 3 heterocycles. The van der Waals surface area contributed by atoms with E-state index in [9.17, 15) is 0 Å². The van der Waals surface area contributed by atoms with E-state index in [1.165, 1.54) is 37.7 Å². The second-order valence-corrected chi connectivity index (χ2v) is 24.1. The van der Waals surface area contributed by atoms with Crippen LogP contribution in [0.4, 0.5) is 0 Å². The summed E-state index contributed by atoms with van der Waals surface area (Å²) in [4.78, 5) is 9.86. The van der Waals surface area contributed by atoms with Gasteiger partial charge in [-0.25, -0.2) is 0 Å². The molecule has 10 aromatic rings. The summed E-state index contributed by atoms with van der Waals surface area (Å²) >= 11 is 1.75. The van der Waals surface area contributed by atoms with E-state index in [-0.39, 0.29) is 20.1 Å².